The molecule has 3 aromatic rings. The molecule has 0 spiro atoms. The Morgan fingerprint density at radius 3 is 2.64 bits per heavy atom. The first kappa shape index (κ1) is 21.2. The second-order valence-corrected chi connectivity index (χ2v) is 9.05. The number of likely N-dealkylation sites (tertiary alicyclic amines) is 1. The van der Waals surface area contributed by atoms with Crippen molar-refractivity contribution in [2.75, 3.05) is 18.8 Å². The number of carbonyl (C=O) groups excluding carboxylic acids is 2. The van der Waals surface area contributed by atoms with E-state index in [-0.39, 0.29) is 17.7 Å². The van der Waals surface area contributed by atoms with E-state index < -0.39 is 0 Å². The number of hydrogen-bond acceptors (Lipinski definition) is 5. The quantitative estimate of drug-likeness (QED) is 0.493. The maximum atomic E-state index is 12.5. The number of aromatic nitrogens is 3. The Morgan fingerprint density at radius 2 is 1.91 bits per heavy atom. The SMILES string of the molecule is CC(=O)N1CCC(n2cc(C#Cc3cccc(C(=O)CC4CC4)c3)c3c(N)ncnc32)CC1. The molecular weight excluding hydrogens is 414 g/mol. The van der Waals surface area contributed by atoms with Gasteiger partial charge in [0.15, 0.2) is 5.78 Å². The van der Waals surface area contributed by atoms with Crippen LogP contribution in [0.3, 0.4) is 0 Å². The Labute approximate surface area is 193 Å². The molecule has 0 radical (unpaired) electrons. The van der Waals surface area contributed by atoms with E-state index in [0.29, 0.717) is 18.2 Å². The van der Waals surface area contributed by atoms with Crippen LogP contribution in [0.15, 0.2) is 36.8 Å². The Bertz CT molecular complexity index is 1290. The van der Waals surface area contributed by atoms with Crippen molar-refractivity contribution in [3.8, 4) is 11.8 Å². The van der Waals surface area contributed by atoms with Gasteiger partial charge in [-0.25, -0.2) is 9.97 Å². The summed E-state index contributed by atoms with van der Waals surface area (Å²) in [5.74, 6) is 7.71. The Balaban J connectivity index is 1.45. The molecule has 7 nitrogen and oxygen atoms in total. The summed E-state index contributed by atoms with van der Waals surface area (Å²) in [6, 6.07) is 7.75. The maximum Gasteiger partial charge on any atom is 0.219 e. The number of carbonyl (C=O) groups is 2. The molecule has 7 heteroatoms. The summed E-state index contributed by atoms with van der Waals surface area (Å²) in [5.41, 5.74) is 9.27. The summed E-state index contributed by atoms with van der Waals surface area (Å²) in [6.45, 7) is 3.06. The zero-order valence-electron chi connectivity index (χ0n) is 18.8. The number of fused-ring (bicyclic) bond motifs is 1. The lowest BCUT2D eigenvalue weighted by Gasteiger charge is -2.32. The number of nitrogen functional groups attached to an aromatic ring is 1. The number of anilines is 1. The van der Waals surface area contributed by atoms with Crippen LogP contribution in [0.2, 0.25) is 0 Å². The molecule has 1 aliphatic carbocycles. The molecule has 2 aliphatic rings. The molecule has 2 aromatic heterocycles. The van der Waals surface area contributed by atoms with Gasteiger partial charge in [0.25, 0.3) is 0 Å². The summed E-state index contributed by atoms with van der Waals surface area (Å²) in [4.78, 5) is 34.7. The molecule has 2 fully saturated rings. The van der Waals surface area contributed by atoms with E-state index in [4.69, 9.17) is 5.73 Å². The van der Waals surface area contributed by atoms with Gasteiger partial charge in [0.1, 0.15) is 17.8 Å². The van der Waals surface area contributed by atoms with Gasteiger partial charge in [0.2, 0.25) is 5.91 Å². The average Bonchev–Trinajstić information content (AvgIpc) is 3.56. The molecule has 1 saturated carbocycles. The second kappa shape index (κ2) is 8.70. The number of rotatable bonds is 4. The first-order valence-corrected chi connectivity index (χ1v) is 11.5. The van der Waals surface area contributed by atoms with Gasteiger partial charge < -0.3 is 15.2 Å². The van der Waals surface area contributed by atoms with Crippen molar-refractivity contribution in [1.29, 1.82) is 0 Å². The van der Waals surface area contributed by atoms with Crippen molar-refractivity contribution in [3.05, 3.63) is 53.5 Å². The number of Topliss-reactive ketones (excluding diaryl/α,β-unsaturated/α-hetero) is 1. The first-order valence-electron chi connectivity index (χ1n) is 11.5. The van der Waals surface area contributed by atoms with Gasteiger partial charge in [0.05, 0.1) is 10.9 Å². The maximum absolute atomic E-state index is 12.5. The van der Waals surface area contributed by atoms with Crippen molar-refractivity contribution >= 4 is 28.5 Å². The van der Waals surface area contributed by atoms with Crippen LogP contribution >= 0.6 is 0 Å². The molecule has 1 aromatic carbocycles. The third-order valence-corrected chi connectivity index (χ3v) is 6.64. The molecule has 2 N–H and O–H groups in total. The van der Waals surface area contributed by atoms with Crippen LogP contribution < -0.4 is 5.73 Å². The van der Waals surface area contributed by atoms with Gasteiger partial charge in [-0.3, -0.25) is 9.59 Å². The summed E-state index contributed by atoms with van der Waals surface area (Å²) >= 11 is 0. The Morgan fingerprint density at radius 1 is 1.12 bits per heavy atom. The lowest BCUT2D eigenvalue weighted by Crippen LogP contribution is -2.37. The second-order valence-electron chi connectivity index (χ2n) is 9.05. The number of benzene rings is 1. The largest absolute Gasteiger partial charge is 0.383 e. The highest BCUT2D eigenvalue weighted by atomic mass is 16.2. The van der Waals surface area contributed by atoms with Crippen LogP contribution in [0, 0.1) is 17.8 Å². The van der Waals surface area contributed by atoms with E-state index >= 15 is 0 Å². The van der Waals surface area contributed by atoms with E-state index in [1.807, 2.05) is 35.4 Å². The van der Waals surface area contributed by atoms with Crippen molar-refractivity contribution in [1.82, 2.24) is 19.4 Å². The van der Waals surface area contributed by atoms with E-state index in [1.54, 1.807) is 6.92 Å². The molecule has 3 heterocycles. The zero-order chi connectivity index (χ0) is 22.9. The van der Waals surface area contributed by atoms with Crippen molar-refractivity contribution in [3.63, 3.8) is 0 Å². The third-order valence-electron chi connectivity index (χ3n) is 6.64. The average molecular weight is 442 g/mol. The van der Waals surface area contributed by atoms with E-state index in [2.05, 4.69) is 26.4 Å². The minimum absolute atomic E-state index is 0.113. The lowest BCUT2D eigenvalue weighted by molar-refractivity contribution is -0.130. The van der Waals surface area contributed by atoms with Gasteiger partial charge in [-0.15, -0.1) is 0 Å². The molecule has 1 aliphatic heterocycles. The van der Waals surface area contributed by atoms with Gasteiger partial charge >= 0.3 is 0 Å². The highest BCUT2D eigenvalue weighted by Crippen LogP contribution is 2.34. The fraction of sp³-hybridized carbons (Fsp3) is 0.385. The Kier molecular flexibility index (Phi) is 5.59. The summed E-state index contributed by atoms with van der Waals surface area (Å²) in [6.07, 6.45) is 8.13. The smallest absolute Gasteiger partial charge is 0.219 e. The van der Waals surface area contributed by atoms with Crippen molar-refractivity contribution in [2.45, 2.75) is 45.1 Å². The van der Waals surface area contributed by atoms with E-state index in [0.717, 1.165) is 66.5 Å². The molecule has 1 amide bonds. The fourth-order valence-electron chi connectivity index (χ4n) is 4.55. The van der Waals surface area contributed by atoms with Gasteiger partial charge in [-0.2, -0.15) is 0 Å². The summed E-state index contributed by atoms with van der Waals surface area (Å²) < 4.78 is 2.13. The highest BCUT2D eigenvalue weighted by Gasteiger charge is 2.26. The molecule has 0 unspecified atom stereocenters. The van der Waals surface area contributed by atoms with Crippen molar-refractivity contribution < 1.29 is 9.59 Å². The number of nitrogens with two attached hydrogens (primary N) is 1. The van der Waals surface area contributed by atoms with E-state index in [9.17, 15) is 9.59 Å². The normalized spacial score (nSPS) is 16.5. The predicted octanol–water partition coefficient (Wildman–Crippen LogP) is 3.58. The lowest BCUT2D eigenvalue weighted by atomic mass is 10.0. The third kappa shape index (κ3) is 4.47. The molecule has 33 heavy (non-hydrogen) atoms. The molecule has 168 valence electrons. The summed E-state index contributed by atoms with van der Waals surface area (Å²) in [7, 11) is 0. The number of amides is 1. The topological polar surface area (TPSA) is 94.1 Å². The minimum Gasteiger partial charge on any atom is -0.383 e. The molecule has 0 atom stereocenters. The van der Waals surface area contributed by atoms with Crippen LogP contribution in [-0.4, -0.2) is 44.2 Å². The van der Waals surface area contributed by atoms with Crippen molar-refractivity contribution in [2.24, 2.45) is 5.92 Å². The number of nitrogens with zero attached hydrogens (tertiary/aromatic N) is 4. The summed E-state index contributed by atoms with van der Waals surface area (Å²) in [5, 5.41) is 0.750. The minimum atomic E-state index is 0.113. The first-order chi connectivity index (χ1) is 16.0. The van der Waals surface area contributed by atoms with Crippen LogP contribution in [0.25, 0.3) is 11.0 Å². The number of hydrogen-bond donors (Lipinski definition) is 1. The van der Waals surface area contributed by atoms with Crippen LogP contribution in [0.4, 0.5) is 5.82 Å². The molecule has 5 rings (SSSR count). The van der Waals surface area contributed by atoms with Gasteiger partial charge in [-0.05, 0) is 43.7 Å². The van der Waals surface area contributed by atoms with Gasteiger partial charge in [-0.1, -0.05) is 24.0 Å². The molecule has 1 saturated heterocycles. The fourth-order valence-corrected chi connectivity index (χ4v) is 4.55. The molecular formula is C26H27N5O2. The van der Waals surface area contributed by atoms with E-state index in [1.165, 1.54) is 6.33 Å². The zero-order valence-corrected chi connectivity index (χ0v) is 18.8. The van der Waals surface area contributed by atoms with Crippen LogP contribution in [-0.2, 0) is 4.79 Å². The molecule has 0 bridgehead atoms. The predicted molar refractivity (Wildman–Crippen MR) is 127 cm³/mol. The number of piperidine rings is 1. The standard InChI is InChI=1S/C26H27N5O2/c1-17(32)30-11-9-22(10-12-30)31-15-21(24-25(27)28-16-29-26(24)31)8-7-18-3-2-4-20(13-18)23(33)14-19-5-6-19/h2-4,13,15-16,19,22H,5-6,9-12,14H2,1H3,(H2,27,28,29). The van der Waals surface area contributed by atoms with Gasteiger partial charge in [0, 0.05) is 49.8 Å². The van der Waals surface area contributed by atoms with Crippen LogP contribution in [0.5, 0.6) is 0 Å². The monoisotopic (exact) mass is 441 g/mol. The van der Waals surface area contributed by atoms with Crippen LogP contribution in [0.1, 0.15) is 66.6 Å². The number of ketones is 1. The highest BCUT2D eigenvalue weighted by molar-refractivity contribution is 5.97. The Hall–Kier alpha value is -3.66.